The average molecular weight is 319 g/mol. The predicted octanol–water partition coefficient (Wildman–Crippen LogP) is 3.76. The summed E-state index contributed by atoms with van der Waals surface area (Å²) in [6.45, 7) is 8.16. The zero-order chi connectivity index (χ0) is 17.1. The Hall–Kier alpha value is -2.29. The molecule has 0 amide bonds. The van der Waals surface area contributed by atoms with E-state index in [-0.39, 0.29) is 11.2 Å². The number of rotatable bonds is 1. The molecule has 1 fully saturated rings. The van der Waals surface area contributed by atoms with Gasteiger partial charge in [0.05, 0.1) is 22.8 Å². The molecule has 0 unspecified atom stereocenters. The largest absolute Gasteiger partial charge is 0.494 e. The molecule has 2 aromatic carbocycles. The van der Waals surface area contributed by atoms with Crippen molar-refractivity contribution in [2.45, 2.75) is 38.9 Å². The minimum Gasteiger partial charge on any atom is -0.456 e. The molecule has 0 spiro atoms. The van der Waals surface area contributed by atoms with Crippen LogP contribution in [0, 0.1) is 11.3 Å². The van der Waals surface area contributed by atoms with Crippen molar-refractivity contribution < 1.29 is 13.7 Å². The fourth-order valence-corrected chi connectivity index (χ4v) is 2.99. The van der Waals surface area contributed by atoms with Gasteiger partial charge < -0.3 is 13.7 Å². The first-order chi connectivity index (χ1) is 11.3. The molecule has 2 heterocycles. The van der Waals surface area contributed by atoms with Crippen LogP contribution in [-0.4, -0.2) is 18.3 Å². The molecule has 1 aromatic heterocycles. The molecule has 3 aromatic rings. The normalized spacial score (nSPS) is 19.0. The van der Waals surface area contributed by atoms with Crippen molar-refractivity contribution in [3.63, 3.8) is 0 Å². The number of fused-ring (bicyclic) bond motifs is 3. The van der Waals surface area contributed by atoms with Gasteiger partial charge in [-0.1, -0.05) is 12.1 Å². The van der Waals surface area contributed by atoms with Gasteiger partial charge in [0.2, 0.25) is 0 Å². The Morgan fingerprint density at radius 2 is 1.46 bits per heavy atom. The Bertz CT molecular complexity index is 981. The molecule has 120 valence electrons. The van der Waals surface area contributed by atoms with Gasteiger partial charge in [-0.05, 0) is 57.4 Å². The Labute approximate surface area is 141 Å². The molecule has 0 aliphatic carbocycles. The SMILES string of the molecule is CC1(C)OB(c2ccc3oc4ccc(C#N)cc4c3c2)OC1(C)C. The first-order valence-electron chi connectivity index (χ1n) is 8.03. The molecule has 0 radical (unpaired) electrons. The molecule has 4 rings (SSSR count). The van der Waals surface area contributed by atoms with Gasteiger partial charge in [-0.25, -0.2) is 0 Å². The summed E-state index contributed by atoms with van der Waals surface area (Å²) in [7, 11) is -0.413. The van der Waals surface area contributed by atoms with E-state index in [9.17, 15) is 0 Å². The molecule has 4 nitrogen and oxygen atoms in total. The maximum Gasteiger partial charge on any atom is 0.494 e. The highest BCUT2D eigenvalue weighted by molar-refractivity contribution is 6.62. The number of nitriles is 1. The summed E-state index contributed by atoms with van der Waals surface area (Å²) in [4.78, 5) is 0. The van der Waals surface area contributed by atoms with Gasteiger partial charge >= 0.3 is 7.12 Å². The van der Waals surface area contributed by atoms with E-state index in [0.717, 1.165) is 27.4 Å². The molecule has 1 aliphatic heterocycles. The molecular formula is C19H18BNO3. The zero-order valence-corrected chi connectivity index (χ0v) is 14.2. The summed E-state index contributed by atoms with van der Waals surface area (Å²) < 4.78 is 18.1. The Morgan fingerprint density at radius 3 is 2.08 bits per heavy atom. The van der Waals surface area contributed by atoms with Crippen molar-refractivity contribution in [2.75, 3.05) is 0 Å². The van der Waals surface area contributed by atoms with Crippen LogP contribution >= 0.6 is 0 Å². The van der Waals surface area contributed by atoms with Crippen LogP contribution in [0.15, 0.2) is 40.8 Å². The monoisotopic (exact) mass is 319 g/mol. The van der Waals surface area contributed by atoms with Crippen LogP contribution < -0.4 is 5.46 Å². The van der Waals surface area contributed by atoms with Crippen molar-refractivity contribution in [2.24, 2.45) is 0 Å². The number of hydrogen-bond donors (Lipinski definition) is 0. The van der Waals surface area contributed by atoms with Crippen molar-refractivity contribution >= 4 is 34.5 Å². The number of nitrogens with zero attached hydrogens (tertiary/aromatic N) is 1. The standard InChI is InChI=1S/C19H18BNO3/c1-18(2)19(3,4)24-20(23-18)13-6-8-17-15(10-13)14-9-12(11-21)5-7-16(14)22-17/h5-10H,1-4H3. The van der Waals surface area contributed by atoms with Crippen molar-refractivity contribution in [1.82, 2.24) is 0 Å². The third-order valence-corrected chi connectivity index (χ3v) is 5.15. The van der Waals surface area contributed by atoms with Crippen LogP contribution in [0.2, 0.25) is 0 Å². The quantitative estimate of drug-likeness (QED) is 0.641. The molecule has 0 atom stereocenters. The minimum atomic E-state index is -0.413. The van der Waals surface area contributed by atoms with Crippen LogP contribution in [0.1, 0.15) is 33.3 Å². The fraction of sp³-hybridized carbons (Fsp3) is 0.316. The van der Waals surface area contributed by atoms with E-state index in [1.165, 1.54) is 0 Å². The van der Waals surface area contributed by atoms with Gasteiger partial charge in [0, 0.05) is 10.8 Å². The summed E-state index contributed by atoms with van der Waals surface area (Å²) in [5.74, 6) is 0. The molecule has 0 saturated carbocycles. The third kappa shape index (κ3) is 2.15. The van der Waals surface area contributed by atoms with E-state index in [0.29, 0.717) is 5.56 Å². The summed E-state index contributed by atoms with van der Waals surface area (Å²) in [5, 5.41) is 11.0. The van der Waals surface area contributed by atoms with Gasteiger partial charge in [-0.2, -0.15) is 5.26 Å². The minimum absolute atomic E-state index is 0.376. The summed E-state index contributed by atoms with van der Waals surface area (Å²) in [6.07, 6.45) is 0. The van der Waals surface area contributed by atoms with Gasteiger partial charge in [0.15, 0.2) is 0 Å². The maximum atomic E-state index is 9.13. The van der Waals surface area contributed by atoms with Gasteiger partial charge in [-0.15, -0.1) is 0 Å². The van der Waals surface area contributed by atoms with Gasteiger partial charge in [0.1, 0.15) is 11.2 Å². The highest BCUT2D eigenvalue weighted by atomic mass is 16.7. The first kappa shape index (κ1) is 15.3. The Morgan fingerprint density at radius 1 is 0.875 bits per heavy atom. The molecule has 1 aliphatic rings. The Kier molecular flexibility index (Phi) is 3.09. The van der Waals surface area contributed by atoms with Gasteiger partial charge in [-0.3, -0.25) is 0 Å². The molecule has 1 saturated heterocycles. The van der Waals surface area contributed by atoms with Crippen LogP contribution in [0.5, 0.6) is 0 Å². The first-order valence-corrected chi connectivity index (χ1v) is 8.03. The van der Waals surface area contributed by atoms with E-state index in [1.54, 1.807) is 6.07 Å². The number of furan rings is 1. The smallest absolute Gasteiger partial charge is 0.456 e. The molecule has 0 bridgehead atoms. The topological polar surface area (TPSA) is 55.4 Å². The summed E-state index contributed by atoms with van der Waals surface area (Å²) >= 11 is 0. The van der Waals surface area contributed by atoms with Gasteiger partial charge in [0.25, 0.3) is 0 Å². The molecular weight excluding hydrogens is 301 g/mol. The van der Waals surface area contributed by atoms with Crippen molar-refractivity contribution in [3.8, 4) is 6.07 Å². The average Bonchev–Trinajstić information content (AvgIpc) is 3.00. The molecule has 5 heteroatoms. The van der Waals surface area contributed by atoms with E-state index < -0.39 is 7.12 Å². The lowest BCUT2D eigenvalue weighted by molar-refractivity contribution is 0.00578. The van der Waals surface area contributed by atoms with Crippen LogP contribution in [-0.2, 0) is 9.31 Å². The van der Waals surface area contributed by atoms with E-state index >= 15 is 0 Å². The maximum absolute atomic E-state index is 9.13. The van der Waals surface area contributed by atoms with Crippen LogP contribution in [0.4, 0.5) is 0 Å². The highest BCUT2D eigenvalue weighted by Crippen LogP contribution is 2.37. The third-order valence-electron chi connectivity index (χ3n) is 5.15. The fourth-order valence-electron chi connectivity index (χ4n) is 2.99. The lowest BCUT2D eigenvalue weighted by Crippen LogP contribution is -2.41. The zero-order valence-electron chi connectivity index (χ0n) is 14.2. The lowest BCUT2D eigenvalue weighted by atomic mass is 9.78. The summed E-state index contributed by atoms with van der Waals surface area (Å²) in [6, 6.07) is 13.6. The van der Waals surface area contributed by atoms with Crippen LogP contribution in [0.25, 0.3) is 21.9 Å². The van der Waals surface area contributed by atoms with Crippen molar-refractivity contribution in [1.29, 1.82) is 5.26 Å². The van der Waals surface area contributed by atoms with E-state index in [4.69, 9.17) is 19.0 Å². The highest BCUT2D eigenvalue weighted by Gasteiger charge is 2.51. The lowest BCUT2D eigenvalue weighted by Gasteiger charge is -2.32. The van der Waals surface area contributed by atoms with Crippen molar-refractivity contribution in [3.05, 3.63) is 42.0 Å². The molecule has 24 heavy (non-hydrogen) atoms. The second-order valence-corrected chi connectivity index (χ2v) is 7.27. The number of hydrogen-bond acceptors (Lipinski definition) is 4. The second kappa shape index (κ2) is 4.86. The van der Waals surface area contributed by atoms with E-state index in [1.807, 2.05) is 58.0 Å². The number of benzene rings is 2. The summed E-state index contributed by atoms with van der Waals surface area (Å²) in [5.41, 5.74) is 2.38. The molecule has 0 N–H and O–H groups in total. The Balaban J connectivity index is 1.84. The second-order valence-electron chi connectivity index (χ2n) is 7.27. The predicted molar refractivity (Wildman–Crippen MR) is 94.2 cm³/mol. The van der Waals surface area contributed by atoms with Crippen LogP contribution in [0.3, 0.4) is 0 Å². The van der Waals surface area contributed by atoms with E-state index in [2.05, 4.69) is 6.07 Å².